The molecule has 16 heavy (non-hydrogen) atoms. The molecule has 0 saturated carbocycles. The molecule has 86 valence electrons. The monoisotopic (exact) mass is 255 g/mol. The van der Waals surface area contributed by atoms with E-state index in [9.17, 15) is 0 Å². The van der Waals surface area contributed by atoms with Crippen LogP contribution in [-0.4, -0.2) is 23.7 Å². The highest BCUT2D eigenvalue weighted by Crippen LogP contribution is 2.28. The summed E-state index contributed by atoms with van der Waals surface area (Å²) < 4.78 is 5.00. The molecule has 0 spiro atoms. The Bertz CT molecular complexity index is 427. The maximum absolute atomic E-state index is 6.00. The van der Waals surface area contributed by atoms with Gasteiger partial charge in [-0.1, -0.05) is 0 Å². The Hall–Kier alpha value is -0.820. The van der Waals surface area contributed by atoms with Gasteiger partial charge in [0.1, 0.15) is 5.01 Å². The molecule has 0 aromatic carbocycles. The number of nitrogens with zero attached hydrogens (tertiary/aromatic N) is 2. The SMILES string of the molecule is COCCC(N)c1csc(-c2cncs2)n1. The molecule has 1 atom stereocenters. The van der Waals surface area contributed by atoms with Crippen LogP contribution in [-0.2, 0) is 4.74 Å². The normalized spacial score (nSPS) is 12.9. The zero-order valence-electron chi connectivity index (χ0n) is 8.92. The Morgan fingerprint density at radius 1 is 1.50 bits per heavy atom. The first-order valence-corrected chi connectivity index (χ1v) is 6.66. The lowest BCUT2D eigenvalue weighted by Crippen LogP contribution is -2.12. The first kappa shape index (κ1) is 11.7. The van der Waals surface area contributed by atoms with Gasteiger partial charge in [-0.2, -0.15) is 0 Å². The lowest BCUT2D eigenvalue weighted by Gasteiger charge is -2.06. The Labute approximate surface area is 102 Å². The summed E-state index contributed by atoms with van der Waals surface area (Å²) in [4.78, 5) is 9.64. The van der Waals surface area contributed by atoms with E-state index < -0.39 is 0 Å². The molecule has 0 bridgehead atoms. The number of hydrogen-bond donors (Lipinski definition) is 1. The molecule has 0 fully saturated rings. The fourth-order valence-electron chi connectivity index (χ4n) is 1.28. The standard InChI is InChI=1S/C10H13N3OS2/c1-14-3-2-7(11)8-5-15-10(13-8)9-4-12-6-16-9/h4-7H,2-3,11H2,1H3. The summed E-state index contributed by atoms with van der Waals surface area (Å²) in [5.74, 6) is 0. The van der Waals surface area contributed by atoms with Crippen LogP contribution in [0.1, 0.15) is 18.2 Å². The minimum Gasteiger partial charge on any atom is -0.385 e. The van der Waals surface area contributed by atoms with Crippen LogP contribution in [0.5, 0.6) is 0 Å². The van der Waals surface area contributed by atoms with Gasteiger partial charge in [-0.05, 0) is 6.42 Å². The third-order valence-electron chi connectivity index (χ3n) is 2.18. The van der Waals surface area contributed by atoms with Crippen LogP contribution in [0.4, 0.5) is 0 Å². The third-order valence-corrected chi connectivity index (χ3v) is 3.98. The molecule has 0 amide bonds. The van der Waals surface area contributed by atoms with Gasteiger partial charge in [0.2, 0.25) is 0 Å². The van der Waals surface area contributed by atoms with Crippen LogP contribution in [0.3, 0.4) is 0 Å². The molecule has 2 rings (SSSR count). The highest BCUT2D eigenvalue weighted by Gasteiger charge is 2.12. The predicted octanol–water partition coefficient (Wildman–Crippen LogP) is 2.30. The lowest BCUT2D eigenvalue weighted by molar-refractivity contribution is 0.188. The summed E-state index contributed by atoms with van der Waals surface area (Å²) in [7, 11) is 1.68. The van der Waals surface area contributed by atoms with Crippen LogP contribution in [0, 0.1) is 0 Å². The van der Waals surface area contributed by atoms with Crippen molar-refractivity contribution >= 4 is 22.7 Å². The van der Waals surface area contributed by atoms with Crippen LogP contribution < -0.4 is 5.73 Å². The number of ether oxygens (including phenoxy) is 1. The van der Waals surface area contributed by atoms with Gasteiger partial charge in [-0.3, -0.25) is 4.98 Å². The van der Waals surface area contributed by atoms with Crippen molar-refractivity contribution in [3.05, 3.63) is 22.8 Å². The zero-order valence-corrected chi connectivity index (χ0v) is 10.6. The molecule has 0 aliphatic rings. The molecule has 0 aliphatic heterocycles. The van der Waals surface area contributed by atoms with E-state index >= 15 is 0 Å². The molecule has 2 aromatic heterocycles. The summed E-state index contributed by atoms with van der Waals surface area (Å²) in [6.45, 7) is 0.661. The van der Waals surface area contributed by atoms with Crippen molar-refractivity contribution < 1.29 is 4.74 Å². The Kier molecular flexibility index (Phi) is 4.00. The first-order chi connectivity index (χ1) is 7.81. The summed E-state index contributed by atoms with van der Waals surface area (Å²) >= 11 is 3.20. The molecular weight excluding hydrogens is 242 g/mol. The van der Waals surface area contributed by atoms with E-state index in [4.69, 9.17) is 10.5 Å². The minimum atomic E-state index is -0.0436. The van der Waals surface area contributed by atoms with Crippen LogP contribution in [0.25, 0.3) is 9.88 Å². The fraction of sp³-hybridized carbons (Fsp3) is 0.400. The molecule has 6 heteroatoms. The molecule has 0 radical (unpaired) electrons. The molecule has 2 aromatic rings. The fourth-order valence-corrected chi connectivity index (χ4v) is 2.86. The Balaban J connectivity index is 2.07. The maximum atomic E-state index is 6.00. The molecule has 2 heterocycles. The van der Waals surface area contributed by atoms with Gasteiger partial charge in [0.05, 0.1) is 22.1 Å². The molecule has 4 nitrogen and oxygen atoms in total. The summed E-state index contributed by atoms with van der Waals surface area (Å²) in [6, 6.07) is -0.0436. The van der Waals surface area contributed by atoms with Crippen molar-refractivity contribution in [3.63, 3.8) is 0 Å². The number of nitrogens with two attached hydrogens (primary N) is 1. The molecule has 0 aliphatic carbocycles. The molecule has 0 saturated heterocycles. The quantitative estimate of drug-likeness (QED) is 0.890. The van der Waals surface area contributed by atoms with Crippen molar-refractivity contribution in [1.29, 1.82) is 0 Å². The summed E-state index contributed by atoms with van der Waals surface area (Å²) in [5.41, 5.74) is 8.74. The number of methoxy groups -OCH3 is 1. The number of hydrogen-bond acceptors (Lipinski definition) is 6. The van der Waals surface area contributed by atoms with E-state index in [1.807, 2.05) is 11.6 Å². The van der Waals surface area contributed by atoms with Crippen molar-refractivity contribution in [2.45, 2.75) is 12.5 Å². The van der Waals surface area contributed by atoms with Gasteiger partial charge in [0, 0.05) is 25.3 Å². The van der Waals surface area contributed by atoms with Crippen LogP contribution in [0.2, 0.25) is 0 Å². The lowest BCUT2D eigenvalue weighted by atomic mass is 10.2. The van der Waals surface area contributed by atoms with Crippen LogP contribution >= 0.6 is 22.7 Å². The topological polar surface area (TPSA) is 61.0 Å². The van der Waals surface area contributed by atoms with Gasteiger partial charge in [-0.25, -0.2) is 4.98 Å². The van der Waals surface area contributed by atoms with Crippen LogP contribution in [0.15, 0.2) is 17.1 Å². The van der Waals surface area contributed by atoms with Crippen molar-refractivity contribution in [3.8, 4) is 9.88 Å². The van der Waals surface area contributed by atoms with Gasteiger partial charge in [0.15, 0.2) is 0 Å². The minimum absolute atomic E-state index is 0.0436. The van der Waals surface area contributed by atoms with E-state index in [0.29, 0.717) is 6.61 Å². The van der Waals surface area contributed by atoms with Crippen molar-refractivity contribution in [2.24, 2.45) is 5.73 Å². The second-order valence-electron chi connectivity index (χ2n) is 3.33. The Morgan fingerprint density at radius 2 is 2.38 bits per heavy atom. The van der Waals surface area contributed by atoms with E-state index in [1.54, 1.807) is 35.3 Å². The van der Waals surface area contributed by atoms with E-state index in [-0.39, 0.29) is 6.04 Å². The Morgan fingerprint density at radius 3 is 3.06 bits per heavy atom. The molecular formula is C10H13N3OS2. The summed E-state index contributed by atoms with van der Waals surface area (Å²) in [6.07, 6.45) is 2.62. The molecule has 1 unspecified atom stereocenters. The second kappa shape index (κ2) is 5.49. The highest BCUT2D eigenvalue weighted by atomic mass is 32.1. The average Bonchev–Trinajstić information content (AvgIpc) is 2.94. The summed E-state index contributed by atoms with van der Waals surface area (Å²) in [5, 5.41) is 3.00. The maximum Gasteiger partial charge on any atom is 0.135 e. The average molecular weight is 255 g/mol. The second-order valence-corrected chi connectivity index (χ2v) is 5.08. The van der Waals surface area contributed by atoms with E-state index in [2.05, 4.69) is 9.97 Å². The van der Waals surface area contributed by atoms with Crippen molar-refractivity contribution in [1.82, 2.24) is 9.97 Å². The van der Waals surface area contributed by atoms with Gasteiger partial charge in [-0.15, -0.1) is 22.7 Å². The zero-order chi connectivity index (χ0) is 11.4. The van der Waals surface area contributed by atoms with Gasteiger partial charge >= 0.3 is 0 Å². The predicted molar refractivity (Wildman–Crippen MR) is 66.6 cm³/mol. The van der Waals surface area contributed by atoms with Gasteiger partial charge < -0.3 is 10.5 Å². The highest BCUT2D eigenvalue weighted by molar-refractivity contribution is 7.19. The van der Waals surface area contributed by atoms with E-state index in [0.717, 1.165) is 22.0 Å². The number of thiazole rings is 2. The third kappa shape index (κ3) is 2.65. The van der Waals surface area contributed by atoms with Crippen molar-refractivity contribution in [2.75, 3.05) is 13.7 Å². The number of rotatable bonds is 5. The molecule has 2 N–H and O–H groups in total. The van der Waals surface area contributed by atoms with Gasteiger partial charge in [0.25, 0.3) is 0 Å². The van der Waals surface area contributed by atoms with E-state index in [1.165, 1.54) is 0 Å². The number of aromatic nitrogens is 2. The largest absolute Gasteiger partial charge is 0.385 e. The smallest absolute Gasteiger partial charge is 0.135 e. The first-order valence-electron chi connectivity index (χ1n) is 4.90.